The lowest BCUT2D eigenvalue weighted by molar-refractivity contribution is -0.384. The lowest BCUT2D eigenvalue weighted by Gasteiger charge is -2.25. The van der Waals surface area contributed by atoms with E-state index in [0.717, 1.165) is 17.7 Å². The summed E-state index contributed by atoms with van der Waals surface area (Å²) in [4.78, 5) is 39.1. The molecule has 0 fully saturated rings. The smallest absolute Gasteiger partial charge is 0.290 e. The fourth-order valence-corrected chi connectivity index (χ4v) is 4.27. The van der Waals surface area contributed by atoms with E-state index in [-0.39, 0.29) is 34.5 Å². The van der Waals surface area contributed by atoms with Crippen LogP contribution in [-0.2, 0) is 6.42 Å². The number of benzene rings is 3. The summed E-state index contributed by atoms with van der Waals surface area (Å²) in [6.45, 7) is 0.255. The molecule has 5 rings (SSSR count). The molecule has 33 heavy (non-hydrogen) atoms. The molecule has 0 aliphatic carbocycles. The summed E-state index contributed by atoms with van der Waals surface area (Å²) in [7, 11) is 0. The van der Waals surface area contributed by atoms with Gasteiger partial charge in [0.1, 0.15) is 11.4 Å². The maximum atomic E-state index is 13.9. The standard InChI is InChI=1S/C25H17FN2O5/c26-17-9-10-20-19(14-17)23(29)21-22(16-7-4-8-18(13-16)28(31)32)27(25(30)24(21)33-20)12-11-15-5-2-1-3-6-15/h1-10,13-14,22H,11-12H2. The molecule has 7 nitrogen and oxygen atoms in total. The zero-order valence-corrected chi connectivity index (χ0v) is 17.2. The van der Waals surface area contributed by atoms with E-state index >= 15 is 0 Å². The fourth-order valence-electron chi connectivity index (χ4n) is 4.27. The molecular weight excluding hydrogens is 427 g/mol. The average molecular weight is 444 g/mol. The van der Waals surface area contributed by atoms with Crippen LogP contribution in [0.5, 0.6) is 0 Å². The molecule has 0 N–H and O–H groups in total. The van der Waals surface area contributed by atoms with E-state index in [1.165, 1.54) is 29.2 Å². The van der Waals surface area contributed by atoms with Gasteiger partial charge in [0.2, 0.25) is 5.76 Å². The first-order valence-electron chi connectivity index (χ1n) is 10.3. The molecule has 1 aliphatic heterocycles. The molecule has 0 spiro atoms. The molecule has 1 unspecified atom stereocenters. The summed E-state index contributed by atoms with van der Waals surface area (Å²) >= 11 is 0. The quantitative estimate of drug-likeness (QED) is 0.331. The predicted molar refractivity (Wildman–Crippen MR) is 119 cm³/mol. The van der Waals surface area contributed by atoms with Gasteiger partial charge in [-0.15, -0.1) is 0 Å². The number of hydrogen-bond acceptors (Lipinski definition) is 5. The van der Waals surface area contributed by atoms with Gasteiger partial charge in [-0.25, -0.2) is 4.39 Å². The van der Waals surface area contributed by atoms with Crippen LogP contribution in [0.3, 0.4) is 0 Å². The third-order valence-electron chi connectivity index (χ3n) is 5.81. The molecule has 1 aliphatic rings. The van der Waals surface area contributed by atoms with E-state index in [2.05, 4.69) is 0 Å². The van der Waals surface area contributed by atoms with Crippen LogP contribution in [0.15, 0.2) is 82.0 Å². The molecule has 164 valence electrons. The van der Waals surface area contributed by atoms with E-state index in [1.807, 2.05) is 30.3 Å². The lowest BCUT2D eigenvalue weighted by atomic mass is 9.98. The van der Waals surface area contributed by atoms with Crippen molar-refractivity contribution in [1.29, 1.82) is 0 Å². The Bertz CT molecular complexity index is 1470. The number of nitro benzene ring substituents is 1. The first-order chi connectivity index (χ1) is 15.9. The lowest BCUT2D eigenvalue weighted by Crippen LogP contribution is -2.31. The zero-order valence-electron chi connectivity index (χ0n) is 17.2. The second-order valence-corrected chi connectivity index (χ2v) is 7.80. The van der Waals surface area contributed by atoms with Crippen LogP contribution in [0.4, 0.5) is 10.1 Å². The van der Waals surface area contributed by atoms with Crippen molar-refractivity contribution in [3.05, 3.63) is 121 Å². The zero-order chi connectivity index (χ0) is 23.1. The number of halogens is 1. The van der Waals surface area contributed by atoms with Crippen molar-refractivity contribution in [2.45, 2.75) is 12.5 Å². The van der Waals surface area contributed by atoms with Gasteiger partial charge in [0.05, 0.1) is 21.9 Å². The number of carbonyl (C=O) groups excluding carboxylic acids is 1. The van der Waals surface area contributed by atoms with Gasteiger partial charge in [-0.2, -0.15) is 0 Å². The van der Waals surface area contributed by atoms with E-state index in [1.54, 1.807) is 6.07 Å². The Labute approximate surface area is 186 Å². The minimum atomic E-state index is -0.889. The highest BCUT2D eigenvalue weighted by Crippen LogP contribution is 2.39. The van der Waals surface area contributed by atoms with Crippen LogP contribution in [0, 0.1) is 15.9 Å². The van der Waals surface area contributed by atoms with Crippen molar-refractivity contribution in [2.24, 2.45) is 0 Å². The third kappa shape index (κ3) is 3.55. The number of carbonyl (C=O) groups is 1. The number of nitro groups is 1. The molecule has 1 aromatic heterocycles. The highest BCUT2D eigenvalue weighted by atomic mass is 19.1. The molecule has 8 heteroatoms. The van der Waals surface area contributed by atoms with Crippen LogP contribution in [0.2, 0.25) is 0 Å². The summed E-state index contributed by atoms with van der Waals surface area (Å²) in [5, 5.41) is 11.4. The van der Waals surface area contributed by atoms with Crippen LogP contribution < -0.4 is 5.43 Å². The number of non-ortho nitro benzene ring substituents is 1. The maximum Gasteiger partial charge on any atom is 0.290 e. The van der Waals surface area contributed by atoms with Gasteiger partial charge in [-0.1, -0.05) is 42.5 Å². The van der Waals surface area contributed by atoms with E-state index < -0.39 is 28.1 Å². The van der Waals surface area contributed by atoms with E-state index in [0.29, 0.717) is 12.0 Å². The van der Waals surface area contributed by atoms with E-state index in [9.17, 15) is 24.1 Å². The molecule has 1 amide bonds. The van der Waals surface area contributed by atoms with Crippen LogP contribution in [0.1, 0.15) is 33.3 Å². The third-order valence-corrected chi connectivity index (χ3v) is 5.81. The predicted octanol–water partition coefficient (Wildman–Crippen LogP) is 4.63. The summed E-state index contributed by atoms with van der Waals surface area (Å²) in [6.07, 6.45) is 0.508. The van der Waals surface area contributed by atoms with Gasteiger partial charge in [-0.3, -0.25) is 19.7 Å². The maximum absolute atomic E-state index is 13.9. The van der Waals surface area contributed by atoms with Crippen molar-refractivity contribution >= 4 is 22.6 Å². The Balaban J connectivity index is 1.68. The average Bonchev–Trinajstić information content (AvgIpc) is 3.11. The van der Waals surface area contributed by atoms with Gasteiger partial charge in [-0.05, 0) is 35.7 Å². The molecule has 3 aromatic carbocycles. The summed E-state index contributed by atoms with van der Waals surface area (Å²) in [6, 6.07) is 18.0. The van der Waals surface area contributed by atoms with Gasteiger partial charge in [0, 0.05) is 18.7 Å². The van der Waals surface area contributed by atoms with Crippen molar-refractivity contribution in [1.82, 2.24) is 4.90 Å². The SMILES string of the molecule is O=C1c2oc3ccc(F)cc3c(=O)c2C(c2cccc([N+](=O)[O-])c2)N1CCc1ccccc1. The minimum Gasteiger partial charge on any atom is -0.450 e. The summed E-state index contributed by atoms with van der Waals surface area (Å²) in [5.41, 5.74) is 0.881. The summed E-state index contributed by atoms with van der Waals surface area (Å²) < 4.78 is 19.6. The van der Waals surface area contributed by atoms with E-state index in [4.69, 9.17) is 4.42 Å². The monoisotopic (exact) mass is 444 g/mol. The first-order valence-corrected chi connectivity index (χ1v) is 10.3. The highest BCUT2D eigenvalue weighted by Gasteiger charge is 2.42. The van der Waals surface area contributed by atoms with Crippen LogP contribution in [-0.4, -0.2) is 22.3 Å². The normalized spacial score (nSPS) is 15.1. The van der Waals surface area contributed by atoms with Crippen LogP contribution in [0.25, 0.3) is 11.0 Å². The molecule has 2 heterocycles. The number of amides is 1. The Morgan fingerprint density at radius 2 is 1.79 bits per heavy atom. The Morgan fingerprint density at radius 3 is 2.55 bits per heavy atom. The minimum absolute atomic E-state index is 0.0156. The van der Waals surface area contributed by atoms with Gasteiger partial charge in [0.25, 0.3) is 11.6 Å². The topological polar surface area (TPSA) is 93.7 Å². The molecule has 1 atom stereocenters. The van der Waals surface area contributed by atoms with Crippen molar-refractivity contribution in [2.75, 3.05) is 6.54 Å². The second kappa shape index (κ2) is 7.98. The summed E-state index contributed by atoms with van der Waals surface area (Å²) in [5.74, 6) is -1.21. The molecule has 4 aromatic rings. The van der Waals surface area contributed by atoms with Crippen molar-refractivity contribution in [3.8, 4) is 0 Å². The molecule has 0 radical (unpaired) electrons. The number of fused-ring (bicyclic) bond motifs is 2. The number of hydrogen-bond donors (Lipinski definition) is 0. The number of rotatable bonds is 5. The Hall–Kier alpha value is -4.33. The van der Waals surface area contributed by atoms with Crippen LogP contribution >= 0.6 is 0 Å². The molecule has 0 bridgehead atoms. The highest BCUT2D eigenvalue weighted by molar-refractivity contribution is 5.99. The Kier molecular flexibility index (Phi) is 4.97. The van der Waals surface area contributed by atoms with Gasteiger partial charge < -0.3 is 9.32 Å². The van der Waals surface area contributed by atoms with Gasteiger partial charge >= 0.3 is 0 Å². The van der Waals surface area contributed by atoms with Crippen molar-refractivity contribution in [3.63, 3.8) is 0 Å². The fraction of sp³-hybridized carbons (Fsp3) is 0.120. The Morgan fingerprint density at radius 1 is 1.00 bits per heavy atom. The molecular formula is C25H17FN2O5. The number of nitrogens with zero attached hydrogens (tertiary/aromatic N) is 2. The van der Waals surface area contributed by atoms with Gasteiger partial charge in [0.15, 0.2) is 5.43 Å². The molecule has 0 saturated carbocycles. The molecule has 0 saturated heterocycles. The second-order valence-electron chi connectivity index (χ2n) is 7.80. The van der Waals surface area contributed by atoms with Crippen molar-refractivity contribution < 1.29 is 18.5 Å². The largest absolute Gasteiger partial charge is 0.450 e. The first kappa shape index (κ1) is 20.6.